The fourth-order valence-electron chi connectivity index (χ4n) is 6.34. The van der Waals surface area contributed by atoms with Gasteiger partial charge in [-0.05, 0) is 24.0 Å². The van der Waals surface area contributed by atoms with Crippen molar-refractivity contribution >= 4 is 17.8 Å². The molecule has 0 spiro atoms. The molecule has 4 fully saturated rings. The molecule has 8 nitrogen and oxygen atoms in total. The van der Waals surface area contributed by atoms with Gasteiger partial charge in [-0.1, -0.05) is 60.7 Å². The molecule has 1 N–H and O–H groups in total. The Morgan fingerprint density at radius 3 is 2.24 bits per heavy atom. The fourth-order valence-corrected chi connectivity index (χ4v) is 6.34. The van der Waals surface area contributed by atoms with E-state index in [0.717, 1.165) is 45.3 Å². The summed E-state index contributed by atoms with van der Waals surface area (Å²) in [5.41, 5.74) is -1.44. The van der Waals surface area contributed by atoms with E-state index in [2.05, 4.69) is 5.32 Å². The third-order valence-corrected chi connectivity index (χ3v) is 8.53. The molecule has 2 aromatic rings. The van der Waals surface area contributed by atoms with Crippen LogP contribution in [0.2, 0.25) is 0 Å². The largest absolute Gasteiger partial charge is 0.834 e. The number of carbonyl (C=O) groups excluding carboxylic acids is 3. The standard InChI is InChI=1S/C30H37N3O5/c34-27(31-16-8-18-32-17-7-13-28(32)35)22-33-19-14-23(15-20-33)26(21-33)38-29(36)30(37,24-9-3-1-4-10-24)25-11-5-2-6-12-25/h1-6,9-12,23,26H,7-8,13-22H2,(H,31,34). The highest BCUT2D eigenvalue weighted by atomic mass is 16.6. The number of fused-ring (bicyclic) bond motifs is 3. The zero-order valence-corrected chi connectivity index (χ0v) is 21.8. The molecule has 202 valence electrons. The normalized spacial score (nSPS) is 24.9. The van der Waals surface area contributed by atoms with Gasteiger partial charge >= 0.3 is 5.97 Å². The third-order valence-electron chi connectivity index (χ3n) is 8.53. The fraction of sp³-hybridized carbons (Fsp3) is 0.500. The van der Waals surface area contributed by atoms with E-state index in [9.17, 15) is 19.5 Å². The van der Waals surface area contributed by atoms with Gasteiger partial charge in [0.05, 0.1) is 13.1 Å². The monoisotopic (exact) mass is 519 g/mol. The SMILES string of the molecule is O=C(C[N+]12CCC(CC1)C(OC(=O)C([O-])(c1ccccc1)c1ccccc1)C2)NCCCN1CCCC1=O. The van der Waals surface area contributed by atoms with Gasteiger partial charge in [0.15, 0.2) is 12.6 Å². The second-order valence-electron chi connectivity index (χ2n) is 11.0. The number of hydrogen-bond acceptors (Lipinski definition) is 5. The van der Waals surface area contributed by atoms with Crippen LogP contribution in [-0.4, -0.2) is 79.1 Å². The second kappa shape index (κ2) is 11.3. The molecule has 8 heteroatoms. The predicted molar refractivity (Wildman–Crippen MR) is 139 cm³/mol. The summed E-state index contributed by atoms with van der Waals surface area (Å²) in [4.78, 5) is 40.1. The molecule has 2 aromatic carbocycles. The number of hydrogen-bond donors (Lipinski definition) is 1. The first-order valence-corrected chi connectivity index (χ1v) is 13.8. The van der Waals surface area contributed by atoms with Crippen LogP contribution in [0.1, 0.15) is 43.2 Å². The topological polar surface area (TPSA) is 98.8 Å². The molecule has 1 unspecified atom stereocenters. The van der Waals surface area contributed by atoms with E-state index < -0.39 is 11.6 Å². The van der Waals surface area contributed by atoms with Crippen molar-refractivity contribution in [2.45, 2.75) is 43.8 Å². The van der Waals surface area contributed by atoms with E-state index in [1.807, 2.05) is 17.0 Å². The van der Waals surface area contributed by atoms with E-state index in [1.54, 1.807) is 48.5 Å². The van der Waals surface area contributed by atoms with Crippen molar-refractivity contribution < 1.29 is 28.7 Å². The van der Waals surface area contributed by atoms with Crippen molar-refractivity contribution in [2.24, 2.45) is 5.92 Å². The Morgan fingerprint density at radius 1 is 1.03 bits per heavy atom. The van der Waals surface area contributed by atoms with Crippen molar-refractivity contribution in [3.8, 4) is 0 Å². The van der Waals surface area contributed by atoms with Crippen molar-refractivity contribution in [1.29, 1.82) is 0 Å². The third kappa shape index (κ3) is 5.47. The molecule has 4 heterocycles. The molecule has 2 amide bonds. The van der Waals surface area contributed by atoms with Crippen molar-refractivity contribution in [2.75, 3.05) is 45.8 Å². The Bertz CT molecular complexity index is 1090. The number of nitrogens with one attached hydrogen (secondary N) is 1. The number of esters is 1. The van der Waals surface area contributed by atoms with Gasteiger partial charge in [0.2, 0.25) is 5.91 Å². The summed E-state index contributed by atoms with van der Waals surface area (Å²) >= 11 is 0. The Labute approximate surface area is 224 Å². The number of carbonyl (C=O) groups is 3. The van der Waals surface area contributed by atoms with Crippen LogP contribution in [0.4, 0.5) is 0 Å². The zero-order valence-electron chi connectivity index (χ0n) is 21.8. The number of ether oxygens (including phenoxy) is 1. The van der Waals surface area contributed by atoms with Crippen molar-refractivity contribution in [1.82, 2.24) is 10.2 Å². The Morgan fingerprint density at radius 2 is 1.66 bits per heavy atom. The van der Waals surface area contributed by atoms with Gasteiger partial charge in [0.25, 0.3) is 5.91 Å². The molecule has 4 aliphatic rings. The van der Waals surface area contributed by atoms with Gasteiger partial charge in [-0.25, -0.2) is 0 Å². The maximum atomic E-state index is 14.2. The number of piperidine rings is 3. The van der Waals surface area contributed by atoms with Gasteiger partial charge in [-0.3, -0.25) is 14.4 Å². The smallest absolute Gasteiger partial charge is 0.304 e. The molecular formula is C30H37N3O5. The van der Waals surface area contributed by atoms with Gasteiger partial charge < -0.3 is 24.5 Å². The maximum Gasteiger partial charge on any atom is 0.304 e. The number of benzene rings is 2. The van der Waals surface area contributed by atoms with Gasteiger partial charge in [0.1, 0.15) is 6.54 Å². The summed E-state index contributed by atoms with van der Waals surface area (Å²) in [5.74, 6) is -0.397. The average Bonchev–Trinajstić information content (AvgIpc) is 3.36. The zero-order chi connectivity index (χ0) is 26.6. The van der Waals surface area contributed by atoms with Crippen LogP contribution in [0, 0.1) is 5.92 Å². The number of rotatable bonds is 10. The lowest BCUT2D eigenvalue weighted by molar-refractivity contribution is -0.939. The molecule has 6 rings (SSSR count). The summed E-state index contributed by atoms with van der Waals surface area (Å²) in [5, 5.41) is 17.3. The minimum atomic E-state index is -2.16. The lowest BCUT2D eigenvalue weighted by atomic mass is 9.82. The first-order valence-electron chi connectivity index (χ1n) is 13.8. The summed E-state index contributed by atoms with van der Waals surface area (Å²) in [6, 6.07) is 17.4. The van der Waals surface area contributed by atoms with Gasteiger partial charge in [-0.2, -0.15) is 0 Å². The summed E-state index contributed by atoms with van der Waals surface area (Å²) in [6.07, 6.45) is 3.63. The number of amides is 2. The Kier molecular flexibility index (Phi) is 7.81. The molecule has 0 aliphatic carbocycles. The number of quaternary nitrogens is 1. The minimum Gasteiger partial charge on any atom is -0.834 e. The molecule has 0 aromatic heterocycles. The van der Waals surface area contributed by atoms with E-state index >= 15 is 0 Å². The van der Waals surface area contributed by atoms with Gasteiger partial charge in [-0.15, -0.1) is 0 Å². The highest BCUT2D eigenvalue weighted by Crippen LogP contribution is 2.37. The quantitative estimate of drug-likeness (QED) is 0.292. The van der Waals surface area contributed by atoms with Crippen LogP contribution >= 0.6 is 0 Å². The Hall–Kier alpha value is -3.23. The van der Waals surface area contributed by atoms with Crippen LogP contribution < -0.4 is 10.4 Å². The lowest BCUT2D eigenvalue weighted by Crippen LogP contribution is -2.67. The lowest BCUT2D eigenvalue weighted by Gasteiger charge is -2.52. The molecule has 38 heavy (non-hydrogen) atoms. The Balaban J connectivity index is 1.21. The van der Waals surface area contributed by atoms with Crippen molar-refractivity contribution in [3.05, 3.63) is 71.8 Å². The first kappa shape index (κ1) is 26.4. The molecule has 4 saturated heterocycles. The molecule has 0 saturated carbocycles. The van der Waals surface area contributed by atoms with Crippen LogP contribution in [0.5, 0.6) is 0 Å². The minimum absolute atomic E-state index is 0.0186. The van der Waals surface area contributed by atoms with Crippen LogP contribution in [0.3, 0.4) is 0 Å². The van der Waals surface area contributed by atoms with E-state index in [4.69, 9.17) is 4.74 Å². The molecule has 2 bridgehead atoms. The van der Waals surface area contributed by atoms with Gasteiger partial charge in [0, 0.05) is 50.4 Å². The van der Waals surface area contributed by atoms with E-state index in [1.165, 1.54) is 0 Å². The molecule has 1 atom stereocenters. The summed E-state index contributed by atoms with van der Waals surface area (Å²) < 4.78 is 6.61. The number of likely N-dealkylation sites (tertiary alicyclic amines) is 1. The van der Waals surface area contributed by atoms with E-state index in [0.29, 0.717) is 48.2 Å². The van der Waals surface area contributed by atoms with Crippen LogP contribution in [0.25, 0.3) is 0 Å². The maximum absolute atomic E-state index is 14.2. The molecule has 4 aliphatic heterocycles. The van der Waals surface area contributed by atoms with E-state index in [-0.39, 0.29) is 23.8 Å². The van der Waals surface area contributed by atoms with Crippen LogP contribution in [-0.2, 0) is 24.7 Å². The highest BCUT2D eigenvalue weighted by Gasteiger charge is 2.49. The molecular weight excluding hydrogens is 482 g/mol. The van der Waals surface area contributed by atoms with Crippen molar-refractivity contribution in [3.63, 3.8) is 0 Å². The average molecular weight is 520 g/mol. The first-order chi connectivity index (χ1) is 18.4. The predicted octanol–water partition coefficient (Wildman–Crippen LogP) is 1.57. The number of nitrogens with zero attached hydrogens (tertiary/aromatic N) is 2. The summed E-state index contributed by atoms with van der Waals surface area (Å²) in [7, 11) is 0. The second-order valence-corrected chi connectivity index (χ2v) is 11.0. The summed E-state index contributed by atoms with van der Waals surface area (Å²) in [6.45, 7) is 4.65. The molecule has 0 radical (unpaired) electrons. The highest BCUT2D eigenvalue weighted by molar-refractivity contribution is 5.85. The van der Waals surface area contributed by atoms with Crippen LogP contribution in [0.15, 0.2) is 60.7 Å².